The van der Waals surface area contributed by atoms with E-state index in [-0.39, 0.29) is 0 Å². The van der Waals surface area contributed by atoms with Gasteiger partial charge in [0.25, 0.3) is 0 Å². The molecular weight excluding hydrogens is 188 g/mol. The van der Waals surface area contributed by atoms with E-state index in [0.717, 1.165) is 19.4 Å². The lowest BCUT2D eigenvalue weighted by Gasteiger charge is -2.33. The van der Waals surface area contributed by atoms with Crippen molar-refractivity contribution in [1.29, 1.82) is 0 Å². The van der Waals surface area contributed by atoms with Gasteiger partial charge >= 0.3 is 0 Å². The van der Waals surface area contributed by atoms with E-state index in [9.17, 15) is 0 Å². The van der Waals surface area contributed by atoms with Gasteiger partial charge in [-0.2, -0.15) is 0 Å². The van der Waals surface area contributed by atoms with Gasteiger partial charge in [0, 0.05) is 32.8 Å². The molecule has 1 aliphatic heterocycles. The Bertz CT molecular complexity index is 120. The maximum Gasteiger partial charge on any atom is 0.0431 e. The first-order chi connectivity index (χ1) is 7.36. The van der Waals surface area contributed by atoms with E-state index < -0.39 is 0 Å². The highest BCUT2D eigenvalue weighted by Crippen LogP contribution is 2.02. The number of piperazine rings is 1. The summed E-state index contributed by atoms with van der Waals surface area (Å²) < 4.78 is 0. The van der Waals surface area contributed by atoms with Gasteiger partial charge in [0.2, 0.25) is 0 Å². The van der Waals surface area contributed by atoms with E-state index in [2.05, 4.69) is 16.7 Å². The highest BCUT2D eigenvalue weighted by atomic mass is 16.2. The van der Waals surface area contributed by atoms with Gasteiger partial charge in [0.15, 0.2) is 0 Å². The second-order valence-electron chi connectivity index (χ2n) is 3.71. The van der Waals surface area contributed by atoms with Crippen molar-refractivity contribution >= 4 is 0 Å². The zero-order chi connectivity index (χ0) is 11.5. The summed E-state index contributed by atoms with van der Waals surface area (Å²) in [6.45, 7) is 13.8. The van der Waals surface area contributed by atoms with Gasteiger partial charge in [-0.15, -0.1) is 0 Å². The number of aliphatic hydroxyl groups excluding tert-OH is 1. The maximum atomic E-state index is 8.65. The van der Waals surface area contributed by atoms with Gasteiger partial charge in [-0.1, -0.05) is 20.8 Å². The standard InChI is InChI=1S/C10H22N2O.C2H6/c1-2-11-6-8-12(9-7-11)5-3-4-10-13;1-2/h13H,2-10H2,1H3;1-2H3. The fourth-order valence-corrected chi connectivity index (χ4v) is 1.78. The largest absolute Gasteiger partial charge is 0.396 e. The Balaban J connectivity index is 0.000000921. The first kappa shape index (κ1) is 14.9. The van der Waals surface area contributed by atoms with Crippen LogP contribution in [0.5, 0.6) is 0 Å². The van der Waals surface area contributed by atoms with E-state index in [1.54, 1.807) is 0 Å². The summed E-state index contributed by atoms with van der Waals surface area (Å²) in [6.07, 6.45) is 2.09. The maximum absolute atomic E-state index is 8.65. The number of nitrogens with zero attached hydrogens (tertiary/aromatic N) is 2. The Morgan fingerprint density at radius 3 is 1.93 bits per heavy atom. The lowest BCUT2D eigenvalue weighted by atomic mass is 10.2. The molecule has 1 fully saturated rings. The highest BCUT2D eigenvalue weighted by molar-refractivity contribution is 4.70. The third-order valence-electron chi connectivity index (χ3n) is 2.79. The molecule has 1 heterocycles. The molecule has 0 unspecified atom stereocenters. The number of hydrogen-bond donors (Lipinski definition) is 1. The van der Waals surface area contributed by atoms with Crippen LogP contribution in [-0.2, 0) is 0 Å². The topological polar surface area (TPSA) is 26.7 Å². The minimum atomic E-state index is 0.342. The first-order valence-corrected chi connectivity index (χ1v) is 6.42. The van der Waals surface area contributed by atoms with Crippen LogP contribution in [0.2, 0.25) is 0 Å². The number of aliphatic hydroxyl groups is 1. The quantitative estimate of drug-likeness (QED) is 0.704. The van der Waals surface area contributed by atoms with Crippen molar-refractivity contribution in [2.45, 2.75) is 33.6 Å². The van der Waals surface area contributed by atoms with Gasteiger partial charge in [-0.05, 0) is 25.9 Å². The van der Waals surface area contributed by atoms with Crippen LogP contribution >= 0.6 is 0 Å². The summed E-state index contributed by atoms with van der Waals surface area (Å²) in [7, 11) is 0. The van der Waals surface area contributed by atoms with Crippen LogP contribution in [0, 0.1) is 0 Å². The van der Waals surface area contributed by atoms with Gasteiger partial charge in [0.1, 0.15) is 0 Å². The van der Waals surface area contributed by atoms with E-state index in [1.807, 2.05) is 13.8 Å². The zero-order valence-electron chi connectivity index (χ0n) is 10.7. The summed E-state index contributed by atoms with van der Waals surface area (Å²) in [4.78, 5) is 4.99. The molecular formula is C12H28N2O. The van der Waals surface area contributed by atoms with Crippen molar-refractivity contribution in [2.75, 3.05) is 45.9 Å². The lowest BCUT2D eigenvalue weighted by molar-refractivity contribution is 0.133. The van der Waals surface area contributed by atoms with Crippen molar-refractivity contribution in [3.8, 4) is 0 Å². The highest BCUT2D eigenvalue weighted by Gasteiger charge is 2.14. The minimum absolute atomic E-state index is 0.342. The monoisotopic (exact) mass is 216 g/mol. The SMILES string of the molecule is CC.CCN1CCN(CCCCO)CC1. The van der Waals surface area contributed by atoms with E-state index in [1.165, 1.54) is 32.7 Å². The van der Waals surface area contributed by atoms with Gasteiger partial charge in [-0.25, -0.2) is 0 Å². The van der Waals surface area contributed by atoms with E-state index in [4.69, 9.17) is 5.11 Å². The number of likely N-dealkylation sites (N-methyl/N-ethyl adjacent to an activating group) is 1. The van der Waals surface area contributed by atoms with Crippen LogP contribution < -0.4 is 0 Å². The minimum Gasteiger partial charge on any atom is -0.396 e. The molecule has 0 aromatic carbocycles. The molecule has 0 aliphatic carbocycles. The number of rotatable bonds is 5. The van der Waals surface area contributed by atoms with Crippen LogP contribution in [0.1, 0.15) is 33.6 Å². The van der Waals surface area contributed by atoms with Crippen molar-refractivity contribution in [2.24, 2.45) is 0 Å². The fourth-order valence-electron chi connectivity index (χ4n) is 1.78. The Hall–Kier alpha value is -0.120. The second-order valence-corrected chi connectivity index (χ2v) is 3.71. The molecule has 0 radical (unpaired) electrons. The molecule has 1 rings (SSSR count). The number of hydrogen-bond acceptors (Lipinski definition) is 3. The molecule has 3 nitrogen and oxygen atoms in total. The molecule has 0 spiro atoms. The molecule has 0 aromatic heterocycles. The van der Waals surface area contributed by atoms with Gasteiger partial charge in [-0.3, -0.25) is 0 Å². The van der Waals surface area contributed by atoms with Crippen LogP contribution in [0.4, 0.5) is 0 Å². The van der Waals surface area contributed by atoms with E-state index in [0.29, 0.717) is 6.61 Å². The van der Waals surface area contributed by atoms with Gasteiger partial charge in [0.05, 0.1) is 0 Å². The Morgan fingerprint density at radius 2 is 1.47 bits per heavy atom. The van der Waals surface area contributed by atoms with Crippen LogP contribution in [0.25, 0.3) is 0 Å². The Kier molecular flexibility index (Phi) is 10.3. The molecule has 0 atom stereocenters. The lowest BCUT2D eigenvalue weighted by Crippen LogP contribution is -2.46. The summed E-state index contributed by atoms with van der Waals surface area (Å²) in [5.74, 6) is 0. The predicted molar refractivity (Wildman–Crippen MR) is 66.2 cm³/mol. The van der Waals surface area contributed by atoms with Crippen molar-refractivity contribution in [1.82, 2.24) is 9.80 Å². The van der Waals surface area contributed by atoms with Crippen LogP contribution in [0.3, 0.4) is 0 Å². The summed E-state index contributed by atoms with van der Waals surface area (Å²) in [5, 5.41) is 8.65. The molecule has 0 saturated carbocycles. The summed E-state index contributed by atoms with van der Waals surface area (Å²) >= 11 is 0. The summed E-state index contributed by atoms with van der Waals surface area (Å²) in [6, 6.07) is 0. The molecule has 3 heteroatoms. The fraction of sp³-hybridized carbons (Fsp3) is 1.00. The molecule has 1 N–H and O–H groups in total. The number of unbranched alkanes of at least 4 members (excludes halogenated alkanes) is 1. The molecule has 0 amide bonds. The normalized spacial score (nSPS) is 18.4. The van der Waals surface area contributed by atoms with Crippen molar-refractivity contribution in [3.63, 3.8) is 0 Å². The third-order valence-corrected chi connectivity index (χ3v) is 2.79. The molecule has 0 bridgehead atoms. The molecule has 92 valence electrons. The van der Waals surface area contributed by atoms with Crippen LogP contribution in [-0.4, -0.2) is 60.8 Å². The average molecular weight is 216 g/mol. The smallest absolute Gasteiger partial charge is 0.0431 e. The second kappa shape index (κ2) is 10.4. The Labute approximate surface area is 95.1 Å². The zero-order valence-corrected chi connectivity index (χ0v) is 10.7. The van der Waals surface area contributed by atoms with Crippen LogP contribution in [0.15, 0.2) is 0 Å². The molecule has 0 aromatic rings. The first-order valence-electron chi connectivity index (χ1n) is 6.42. The molecule has 1 aliphatic rings. The van der Waals surface area contributed by atoms with E-state index >= 15 is 0 Å². The summed E-state index contributed by atoms with van der Waals surface area (Å²) in [5.41, 5.74) is 0. The predicted octanol–water partition coefficient (Wildman–Crippen LogP) is 1.42. The average Bonchev–Trinajstić information content (AvgIpc) is 2.33. The van der Waals surface area contributed by atoms with Crippen molar-refractivity contribution < 1.29 is 5.11 Å². The molecule has 15 heavy (non-hydrogen) atoms. The molecule has 1 saturated heterocycles. The third kappa shape index (κ3) is 6.88. The van der Waals surface area contributed by atoms with Gasteiger partial charge < -0.3 is 14.9 Å². The Morgan fingerprint density at radius 1 is 0.933 bits per heavy atom. The van der Waals surface area contributed by atoms with Crippen molar-refractivity contribution in [3.05, 3.63) is 0 Å².